The molecule has 4 aromatic rings. The van der Waals surface area contributed by atoms with Crippen LogP contribution in [-0.4, -0.2) is 20.4 Å². The highest BCUT2D eigenvalue weighted by molar-refractivity contribution is 7.92. The van der Waals surface area contributed by atoms with Crippen LogP contribution in [0.1, 0.15) is 24.5 Å². The molecule has 0 fully saturated rings. The smallest absolute Gasteiger partial charge is 0.265 e. The second-order valence-corrected chi connectivity index (χ2v) is 10.1. The van der Waals surface area contributed by atoms with Crippen LogP contribution in [0.2, 0.25) is 0 Å². The van der Waals surface area contributed by atoms with Crippen molar-refractivity contribution in [2.75, 3.05) is 10.0 Å². The lowest BCUT2D eigenvalue weighted by Crippen LogP contribution is -2.32. The van der Waals surface area contributed by atoms with Gasteiger partial charge in [0.2, 0.25) is 0 Å². The fourth-order valence-electron chi connectivity index (χ4n) is 3.73. The van der Waals surface area contributed by atoms with Gasteiger partial charge in [-0.15, -0.1) is 0 Å². The Bertz CT molecular complexity index is 1460. The van der Waals surface area contributed by atoms with E-state index in [1.54, 1.807) is 24.3 Å². The molecule has 0 spiro atoms. The van der Waals surface area contributed by atoms with Crippen molar-refractivity contribution >= 4 is 38.1 Å². The molecular weight excluding hydrogens is 460 g/mol. The third-order valence-electron chi connectivity index (χ3n) is 5.87. The quantitative estimate of drug-likeness (QED) is 0.316. The maximum Gasteiger partial charge on any atom is 0.265 e. The molecular formula is C28H28N2O4S. The Hall–Kier alpha value is -3.84. The molecule has 0 saturated heterocycles. The van der Waals surface area contributed by atoms with Crippen LogP contribution < -0.4 is 14.8 Å². The van der Waals surface area contributed by atoms with Crippen LogP contribution in [0.15, 0.2) is 89.8 Å². The van der Waals surface area contributed by atoms with E-state index in [2.05, 4.69) is 10.0 Å². The molecule has 0 bridgehead atoms. The van der Waals surface area contributed by atoms with Crippen molar-refractivity contribution in [1.29, 1.82) is 0 Å². The third-order valence-corrected chi connectivity index (χ3v) is 7.27. The molecule has 35 heavy (non-hydrogen) atoms. The molecule has 2 N–H and O–H groups in total. The van der Waals surface area contributed by atoms with Gasteiger partial charge in [0.25, 0.3) is 15.9 Å². The van der Waals surface area contributed by atoms with E-state index in [4.69, 9.17) is 4.74 Å². The number of nitrogens with one attached hydrogen (secondary N) is 2. The number of sulfonamides is 1. The first-order valence-electron chi connectivity index (χ1n) is 11.4. The average Bonchev–Trinajstić information content (AvgIpc) is 2.85. The van der Waals surface area contributed by atoms with Gasteiger partial charge < -0.3 is 10.1 Å². The molecule has 0 saturated carbocycles. The fourth-order valence-corrected chi connectivity index (χ4v) is 4.78. The highest BCUT2D eigenvalue weighted by Gasteiger charge is 2.20. The SMILES string of the molecule is CC[C@H](Oc1cccc2ccccc12)C(=O)Nc1ccc(S(=O)(=O)Nc2ccc(C)c(C)c2)cc1. The lowest BCUT2D eigenvalue weighted by molar-refractivity contribution is -0.122. The van der Waals surface area contributed by atoms with Gasteiger partial charge in [0.1, 0.15) is 5.75 Å². The van der Waals surface area contributed by atoms with E-state index in [9.17, 15) is 13.2 Å². The Labute approximate surface area is 206 Å². The second-order valence-electron chi connectivity index (χ2n) is 8.41. The Morgan fingerprint density at radius 3 is 2.26 bits per heavy atom. The van der Waals surface area contributed by atoms with Crippen molar-refractivity contribution in [3.05, 3.63) is 96.1 Å². The van der Waals surface area contributed by atoms with Crippen LogP contribution in [0.5, 0.6) is 5.75 Å². The summed E-state index contributed by atoms with van der Waals surface area (Å²) >= 11 is 0. The summed E-state index contributed by atoms with van der Waals surface area (Å²) in [5.74, 6) is 0.341. The Balaban J connectivity index is 1.45. The van der Waals surface area contributed by atoms with E-state index < -0.39 is 16.1 Å². The third kappa shape index (κ3) is 5.63. The first-order valence-corrected chi connectivity index (χ1v) is 12.9. The molecule has 0 aliphatic rings. The van der Waals surface area contributed by atoms with Gasteiger partial charge in [-0.25, -0.2) is 8.42 Å². The molecule has 1 atom stereocenters. The number of ether oxygens (including phenoxy) is 1. The number of carbonyl (C=O) groups is 1. The summed E-state index contributed by atoms with van der Waals surface area (Å²) in [6.45, 7) is 5.78. The molecule has 0 heterocycles. The number of fused-ring (bicyclic) bond motifs is 1. The number of hydrogen-bond acceptors (Lipinski definition) is 4. The normalized spacial score (nSPS) is 12.2. The summed E-state index contributed by atoms with van der Waals surface area (Å²) in [7, 11) is -3.76. The second kappa shape index (κ2) is 10.2. The van der Waals surface area contributed by atoms with Crippen LogP contribution in [0, 0.1) is 13.8 Å². The first kappa shape index (κ1) is 24.3. The molecule has 4 rings (SSSR count). The minimum atomic E-state index is -3.76. The Kier molecular flexibility index (Phi) is 7.07. The zero-order valence-corrected chi connectivity index (χ0v) is 20.7. The summed E-state index contributed by atoms with van der Waals surface area (Å²) in [4.78, 5) is 13.0. The lowest BCUT2D eigenvalue weighted by Gasteiger charge is -2.18. The topological polar surface area (TPSA) is 84.5 Å². The van der Waals surface area contributed by atoms with E-state index >= 15 is 0 Å². The predicted octanol–water partition coefficient (Wildman–Crippen LogP) is 6.05. The molecule has 180 valence electrons. The van der Waals surface area contributed by atoms with Crippen LogP contribution in [0.4, 0.5) is 11.4 Å². The molecule has 4 aromatic carbocycles. The van der Waals surface area contributed by atoms with E-state index in [1.165, 1.54) is 12.1 Å². The van der Waals surface area contributed by atoms with Crippen LogP contribution in [-0.2, 0) is 14.8 Å². The fraction of sp³-hybridized carbons (Fsp3) is 0.179. The molecule has 0 radical (unpaired) electrons. The standard InChI is InChI=1S/C28H28N2O4S/c1-4-26(34-27-11-7-9-21-8-5-6-10-25(21)27)28(31)29-22-14-16-24(17-15-22)35(32,33)30-23-13-12-19(2)20(3)18-23/h5-18,26,30H,4H2,1-3H3,(H,29,31)/t26-/m0/s1. The van der Waals surface area contributed by atoms with E-state index in [1.807, 2.05) is 69.3 Å². The number of rotatable bonds is 8. The van der Waals surface area contributed by atoms with E-state index in [0.717, 1.165) is 21.9 Å². The molecule has 6 nitrogen and oxygen atoms in total. The van der Waals surface area contributed by atoms with Crippen LogP contribution in [0.25, 0.3) is 10.8 Å². The zero-order valence-electron chi connectivity index (χ0n) is 19.9. The highest BCUT2D eigenvalue weighted by atomic mass is 32.2. The minimum Gasteiger partial charge on any atom is -0.480 e. The van der Waals surface area contributed by atoms with E-state index in [0.29, 0.717) is 23.5 Å². The number of anilines is 2. The van der Waals surface area contributed by atoms with Crippen LogP contribution >= 0.6 is 0 Å². The number of benzene rings is 4. The molecule has 0 aliphatic carbocycles. The van der Waals surface area contributed by atoms with Gasteiger partial charge in [0.15, 0.2) is 6.10 Å². The largest absolute Gasteiger partial charge is 0.480 e. The van der Waals surface area contributed by atoms with Gasteiger partial charge in [0, 0.05) is 16.8 Å². The van der Waals surface area contributed by atoms with Crippen molar-refractivity contribution in [2.24, 2.45) is 0 Å². The Morgan fingerprint density at radius 1 is 0.857 bits per heavy atom. The first-order chi connectivity index (χ1) is 16.8. The average molecular weight is 489 g/mol. The highest BCUT2D eigenvalue weighted by Crippen LogP contribution is 2.27. The number of amides is 1. The molecule has 0 aromatic heterocycles. The van der Waals surface area contributed by atoms with Crippen molar-refractivity contribution < 1.29 is 17.9 Å². The Morgan fingerprint density at radius 2 is 1.54 bits per heavy atom. The molecule has 0 aliphatic heterocycles. The predicted molar refractivity (Wildman–Crippen MR) is 140 cm³/mol. The van der Waals surface area contributed by atoms with Crippen molar-refractivity contribution in [1.82, 2.24) is 0 Å². The number of hydrogen-bond donors (Lipinski definition) is 2. The van der Waals surface area contributed by atoms with Gasteiger partial charge in [-0.05, 0) is 79.2 Å². The summed E-state index contributed by atoms with van der Waals surface area (Å²) in [6, 6.07) is 25.0. The molecule has 7 heteroatoms. The summed E-state index contributed by atoms with van der Waals surface area (Å²) in [5, 5.41) is 4.80. The number of carbonyl (C=O) groups excluding carboxylic acids is 1. The van der Waals surface area contributed by atoms with Gasteiger partial charge in [-0.2, -0.15) is 0 Å². The monoisotopic (exact) mass is 488 g/mol. The van der Waals surface area contributed by atoms with Crippen molar-refractivity contribution in [2.45, 2.75) is 38.2 Å². The lowest BCUT2D eigenvalue weighted by atomic mass is 10.1. The molecule has 0 unspecified atom stereocenters. The number of aryl methyl sites for hydroxylation is 2. The van der Waals surface area contributed by atoms with Gasteiger partial charge in [-0.1, -0.05) is 49.4 Å². The zero-order chi connectivity index (χ0) is 25.0. The van der Waals surface area contributed by atoms with Gasteiger partial charge >= 0.3 is 0 Å². The van der Waals surface area contributed by atoms with Gasteiger partial charge in [0.05, 0.1) is 4.90 Å². The van der Waals surface area contributed by atoms with E-state index in [-0.39, 0.29) is 10.8 Å². The van der Waals surface area contributed by atoms with Crippen molar-refractivity contribution in [3.8, 4) is 5.75 Å². The summed E-state index contributed by atoms with van der Waals surface area (Å²) in [6.07, 6.45) is -0.225. The summed E-state index contributed by atoms with van der Waals surface area (Å²) < 4.78 is 34.2. The maximum absolute atomic E-state index is 12.9. The minimum absolute atomic E-state index is 0.104. The van der Waals surface area contributed by atoms with Crippen LogP contribution in [0.3, 0.4) is 0 Å². The van der Waals surface area contributed by atoms with Gasteiger partial charge in [-0.3, -0.25) is 9.52 Å². The van der Waals surface area contributed by atoms with Crippen molar-refractivity contribution in [3.63, 3.8) is 0 Å². The summed E-state index contributed by atoms with van der Waals surface area (Å²) in [5.41, 5.74) is 3.07. The maximum atomic E-state index is 12.9. The molecule has 1 amide bonds.